The molecule has 0 aliphatic rings. The van der Waals surface area contributed by atoms with Gasteiger partial charge in [-0.2, -0.15) is 0 Å². The molecule has 0 atom stereocenters. The normalized spacial score (nSPS) is 3.17. The Labute approximate surface area is 37.0 Å². The van der Waals surface area contributed by atoms with Gasteiger partial charge in [-0.05, 0) is 0 Å². The van der Waals surface area contributed by atoms with E-state index in [9.17, 15) is 4.70 Å². The van der Waals surface area contributed by atoms with Crippen LogP contribution in [0.25, 0.3) is 0 Å². The molecular formula is C4BO-. The molecule has 0 saturated carbocycles. The van der Waals surface area contributed by atoms with E-state index in [1.165, 1.54) is 0 Å². The molecule has 0 rings (SSSR count). The Morgan fingerprint density at radius 2 is 2.33 bits per heavy atom. The van der Waals surface area contributed by atoms with Crippen LogP contribution in [-0.4, -0.2) is 7.15 Å². The first-order valence-corrected chi connectivity index (χ1v) is 1.27. The number of hydrogen-bond acceptors (Lipinski definition) is 1. The van der Waals surface area contributed by atoms with Crippen LogP contribution in [0.5, 0.6) is 0 Å². The molecule has 0 aliphatic heterocycles. The minimum atomic E-state index is 0.418. The fourth-order valence-electron chi connectivity index (χ4n) is 0.0655. The third kappa shape index (κ3) is 2.98. The molecule has 1 nitrogen and oxygen atoms in total. The van der Waals surface area contributed by atoms with Crippen molar-refractivity contribution in [1.82, 2.24) is 0 Å². The van der Waals surface area contributed by atoms with Crippen molar-refractivity contribution < 1.29 is 4.70 Å². The first kappa shape index (κ1) is 4.98. The van der Waals surface area contributed by atoms with Crippen LogP contribution in [-0.2, 0) is 4.70 Å². The molecule has 6 heavy (non-hydrogen) atoms. The SMILES string of the molecule is [C-]#CC#CB=O. The fourth-order valence-corrected chi connectivity index (χ4v) is 0.0655. The number of rotatable bonds is 0. The van der Waals surface area contributed by atoms with Crippen LogP contribution < -0.4 is 0 Å². The van der Waals surface area contributed by atoms with Crippen LogP contribution in [0.4, 0.5) is 0 Å². The van der Waals surface area contributed by atoms with E-state index in [2.05, 4.69) is 0 Å². The van der Waals surface area contributed by atoms with Crippen molar-refractivity contribution >= 4 is 7.15 Å². The molecule has 0 aromatic rings. The van der Waals surface area contributed by atoms with E-state index in [4.69, 9.17) is 6.42 Å². The van der Waals surface area contributed by atoms with Crippen molar-refractivity contribution in [3.63, 3.8) is 0 Å². The topological polar surface area (TPSA) is 17.1 Å². The van der Waals surface area contributed by atoms with Gasteiger partial charge >= 0.3 is 35.9 Å². The second-order valence-corrected chi connectivity index (χ2v) is 0.512. The molecule has 0 saturated heterocycles. The molecule has 0 heterocycles. The quantitative estimate of drug-likeness (QED) is 0.217. The summed E-state index contributed by atoms with van der Waals surface area (Å²) in [6.07, 6.45) is 6.12. The molecule has 0 spiro atoms. The molecule has 2 heteroatoms. The molecule has 0 aliphatic carbocycles. The van der Waals surface area contributed by atoms with Crippen molar-refractivity contribution in [1.29, 1.82) is 0 Å². The molecule has 0 amide bonds. The zero-order valence-corrected chi connectivity index (χ0v) is 2.99. The van der Waals surface area contributed by atoms with Gasteiger partial charge in [0.2, 0.25) is 0 Å². The van der Waals surface area contributed by atoms with Gasteiger partial charge in [0.15, 0.2) is 0 Å². The second-order valence-electron chi connectivity index (χ2n) is 0.512. The Hall–Kier alpha value is -1.02. The third-order valence-corrected chi connectivity index (χ3v) is 0.194. The van der Waals surface area contributed by atoms with Crippen molar-refractivity contribution in [3.05, 3.63) is 6.42 Å². The summed E-state index contributed by atoms with van der Waals surface area (Å²) in [4.78, 5) is 0. The molecule has 0 unspecified atom stereocenters. The monoisotopic (exact) mass is 75.0 g/mol. The fraction of sp³-hybridized carbons (Fsp3) is 0. The Bertz CT molecular complexity index is 132. The zero-order valence-electron chi connectivity index (χ0n) is 2.99. The summed E-state index contributed by atoms with van der Waals surface area (Å²) >= 11 is 0. The van der Waals surface area contributed by atoms with Crippen molar-refractivity contribution in [2.24, 2.45) is 0 Å². The van der Waals surface area contributed by atoms with Crippen LogP contribution in [0.2, 0.25) is 0 Å². The van der Waals surface area contributed by atoms with Crippen LogP contribution in [0.1, 0.15) is 0 Å². The predicted molar refractivity (Wildman–Crippen MR) is 21.3 cm³/mol. The second kappa shape index (κ2) is 3.98. The maximum absolute atomic E-state index is 9.27. The van der Waals surface area contributed by atoms with Crippen molar-refractivity contribution in [2.75, 3.05) is 0 Å². The van der Waals surface area contributed by atoms with Crippen LogP contribution in [0.3, 0.4) is 0 Å². The number of hydrogen-bond donors (Lipinski definition) is 0. The molecule has 0 fully saturated rings. The first-order valence-electron chi connectivity index (χ1n) is 1.27. The van der Waals surface area contributed by atoms with Gasteiger partial charge in [-0.1, -0.05) is 0 Å². The summed E-state index contributed by atoms with van der Waals surface area (Å²) in [5, 5.41) is 0. The Morgan fingerprint density at radius 3 is 2.50 bits per heavy atom. The maximum atomic E-state index is 9.27. The van der Waals surface area contributed by atoms with Gasteiger partial charge in [0.05, 0.1) is 0 Å². The van der Waals surface area contributed by atoms with Crippen molar-refractivity contribution in [3.8, 4) is 17.7 Å². The van der Waals surface area contributed by atoms with Gasteiger partial charge in [-0.3, -0.25) is 0 Å². The summed E-state index contributed by atoms with van der Waals surface area (Å²) in [6, 6.07) is 0. The van der Waals surface area contributed by atoms with Gasteiger partial charge in [-0.25, -0.2) is 0 Å². The van der Waals surface area contributed by atoms with Gasteiger partial charge in [0.25, 0.3) is 0 Å². The van der Waals surface area contributed by atoms with E-state index in [-0.39, 0.29) is 0 Å². The Balaban J connectivity index is 3.50. The molecule has 0 radical (unpaired) electrons. The average Bonchev–Trinajstić information content (AvgIpc) is 1.61. The van der Waals surface area contributed by atoms with E-state index in [1.54, 1.807) is 5.92 Å². The molecule has 0 aromatic carbocycles. The van der Waals surface area contributed by atoms with E-state index >= 15 is 0 Å². The average molecular weight is 74.9 g/mol. The van der Waals surface area contributed by atoms with Crippen LogP contribution in [0, 0.1) is 24.1 Å². The van der Waals surface area contributed by atoms with Gasteiger partial charge < -0.3 is 0 Å². The van der Waals surface area contributed by atoms with E-state index in [1.807, 2.05) is 11.7 Å². The molecule has 0 N–H and O–H groups in total. The Morgan fingerprint density at radius 1 is 1.67 bits per heavy atom. The van der Waals surface area contributed by atoms with Gasteiger partial charge in [0.1, 0.15) is 0 Å². The summed E-state index contributed by atoms with van der Waals surface area (Å²) in [5.41, 5.74) is 0. The van der Waals surface area contributed by atoms with Gasteiger partial charge in [-0.15, -0.1) is 0 Å². The minimum absolute atomic E-state index is 0.418. The van der Waals surface area contributed by atoms with E-state index in [0.717, 1.165) is 0 Å². The van der Waals surface area contributed by atoms with Crippen LogP contribution in [0.15, 0.2) is 0 Å². The zero-order chi connectivity index (χ0) is 4.83. The summed E-state index contributed by atoms with van der Waals surface area (Å²) in [5.74, 6) is 5.69. The standard InChI is InChI=1S/C4BO/c1-2-3-4-5-6/q-1. The summed E-state index contributed by atoms with van der Waals surface area (Å²) in [7, 11) is 0.418. The van der Waals surface area contributed by atoms with E-state index in [0.29, 0.717) is 7.15 Å². The van der Waals surface area contributed by atoms with Crippen LogP contribution >= 0.6 is 0 Å². The van der Waals surface area contributed by atoms with Gasteiger partial charge in [0, 0.05) is 0 Å². The molecule has 26 valence electrons. The molecular weight excluding hydrogens is 74.9 g/mol. The summed E-state index contributed by atoms with van der Waals surface area (Å²) in [6.45, 7) is 0. The Kier molecular flexibility index (Phi) is 3.31. The predicted octanol–water partition coefficient (Wildman–Crippen LogP) is -0.413. The van der Waals surface area contributed by atoms with Crippen molar-refractivity contribution in [2.45, 2.75) is 0 Å². The molecule has 0 aromatic heterocycles. The first-order chi connectivity index (χ1) is 2.91. The third-order valence-electron chi connectivity index (χ3n) is 0.194. The summed E-state index contributed by atoms with van der Waals surface area (Å²) < 4.78 is 9.27. The molecule has 0 bridgehead atoms. The van der Waals surface area contributed by atoms with E-state index < -0.39 is 0 Å².